The fourth-order valence-corrected chi connectivity index (χ4v) is 3.77. The molecule has 2 rings (SSSR count). The van der Waals surface area contributed by atoms with E-state index in [9.17, 15) is 34.2 Å². The number of aliphatic carboxylic acids is 1. The molecule has 15 heteroatoms. The zero-order chi connectivity index (χ0) is 29.7. The quantitative estimate of drug-likeness (QED) is 0.0939. The zero-order valence-corrected chi connectivity index (χ0v) is 21.8. The van der Waals surface area contributed by atoms with Crippen LogP contribution < -0.4 is 33.2 Å². The van der Waals surface area contributed by atoms with Gasteiger partial charge in [0.25, 0.3) is 0 Å². The van der Waals surface area contributed by atoms with Crippen LogP contribution in [0, 0.1) is 0 Å². The summed E-state index contributed by atoms with van der Waals surface area (Å²) in [6.07, 6.45) is 3.52. The van der Waals surface area contributed by atoms with Gasteiger partial charge in [-0.15, -0.1) is 0 Å². The van der Waals surface area contributed by atoms with Crippen LogP contribution in [0.15, 0.2) is 36.8 Å². The molecule has 0 aliphatic carbocycles. The van der Waals surface area contributed by atoms with E-state index in [0.29, 0.717) is 37.1 Å². The normalized spacial score (nSPS) is 13.8. The predicted octanol–water partition coefficient (Wildman–Crippen LogP) is -2.23. The van der Waals surface area contributed by atoms with Crippen molar-refractivity contribution >= 4 is 29.6 Å². The minimum atomic E-state index is -1.54. The van der Waals surface area contributed by atoms with Crippen molar-refractivity contribution in [1.82, 2.24) is 25.9 Å². The van der Waals surface area contributed by atoms with Crippen LogP contribution in [0.1, 0.15) is 36.9 Å². The highest BCUT2D eigenvalue weighted by molar-refractivity contribution is 5.96. The van der Waals surface area contributed by atoms with E-state index < -0.39 is 60.2 Å². The maximum Gasteiger partial charge on any atom is 0.326 e. The fourth-order valence-electron chi connectivity index (χ4n) is 3.77. The number of phenolic OH excluding ortho intramolecular Hbond substituents is 1. The lowest BCUT2D eigenvalue weighted by molar-refractivity contribution is -0.142. The Hall–Kier alpha value is -4.50. The van der Waals surface area contributed by atoms with E-state index in [1.807, 2.05) is 0 Å². The van der Waals surface area contributed by atoms with Gasteiger partial charge in [-0.2, -0.15) is 0 Å². The fraction of sp³-hybridized carbons (Fsp3) is 0.440. The second-order valence-electron chi connectivity index (χ2n) is 9.23. The molecule has 40 heavy (non-hydrogen) atoms. The van der Waals surface area contributed by atoms with Crippen LogP contribution in [-0.2, 0) is 36.8 Å². The molecule has 4 amide bonds. The molecule has 0 aliphatic rings. The van der Waals surface area contributed by atoms with Crippen LogP contribution in [0.2, 0.25) is 0 Å². The SMILES string of the molecule is NCCCCC(N)C(=O)NC(Cc1ccc(O)cc1)C(=O)NC(CC(N)=O)C(=O)NC(Cc1cnc[nH]1)C(=O)O. The Morgan fingerprint density at radius 1 is 0.900 bits per heavy atom. The summed E-state index contributed by atoms with van der Waals surface area (Å²) >= 11 is 0. The minimum absolute atomic E-state index is 0.00276. The summed E-state index contributed by atoms with van der Waals surface area (Å²) in [7, 11) is 0. The molecule has 0 radical (unpaired) electrons. The lowest BCUT2D eigenvalue weighted by atomic mass is 10.0. The number of primary amides is 1. The van der Waals surface area contributed by atoms with E-state index in [4.69, 9.17) is 17.2 Å². The molecule has 1 heterocycles. The van der Waals surface area contributed by atoms with Gasteiger partial charge in [-0.1, -0.05) is 18.6 Å². The van der Waals surface area contributed by atoms with E-state index in [0.717, 1.165) is 0 Å². The van der Waals surface area contributed by atoms with Gasteiger partial charge in [0.15, 0.2) is 0 Å². The third kappa shape index (κ3) is 10.7. The summed E-state index contributed by atoms with van der Waals surface area (Å²) in [6.45, 7) is 0.439. The van der Waals surface area contributed by atoms with Crippen molar-refractivity contribution in [3.63, 3.8) is 0 Å². The first-order chi connectivity index (χ1) is 19.0. The molecule has 12 N–H and O–H groups in total. The number of carboxylic acid groups (broad SMARTS) is 1. The number of amides is 4. The Balaban J connectivity index is 2.20. The molecule has 1 aromatic carbocycles. The molecule has 218 valence electrons. The Kier molecular flexibility index (Phi) is 12.5. The number of carbonyl (C=O) groups is 5. The number of benzene rings is 1. The van der Waals surface area contributed by atoms with Crippen LogP contribution in [0.3, 0.4) is 0 Å². The van der Waals surface area contributed by atoms with Crippen molar-refractivity contribution in [1.29, 1.82) is 0 Å². The Morgan fingerprint density at radius 2 is 1.52 bits per heavy atom. The van der Waals surface area contributed by atoms with Crippen molar-refractivity contribution in [3.8, 4) is 5.75 Å². The Morgan fingerprint density at radius 3 is 2.10 bits per heavy atom. The summed E-state index contributed by atoms with van der Waals surface area (Å²) in [6, 6.07) is 0.795. The molecule has 0 bridgehead atoms. The van der Waals surface area contributed by atoms with E-state index in [2.05, 4.69) is 25.9 Å². The number of nitrogens with two attached hydrogens (primary N) is 3. The summed E-state index contributed by atoms with van der Waals surface area (Å²) in [5.74, 6) is -4.70. The van der Waals surface area contributed by atoms with Crippen molar-refractivity contribution in [3.05, 3.63) is 48.0 Å². The maximum absolute atomic E-state index is 13.3. The van der Waals surface area contributed by atoms with E-state index >= 15 is 0 Å². The van der Waals surface area contributed by atoms with Gasteiger partial charge in [-0.05, 0) is 37.1 Å². The van der Waals surface area contributed by atoms with Crippen LogP contribution in [0.25, 0.3) is 0 Å². The molecule has 0 saturated carbocycles. The Labute approximate surface area is 230 Å². The first-order valence-electron chi connectivity index (χ1n) is 12.6. The van der Waals surface area contributed by atoms with E-state index in [-0.39, 0.29) is 18.6 Å². The van der Waals surface area contributed by atoms with Gasteiger partial charge in [0, 0.05) is 24.7 Å². The van der Waals surface area contributed by atoms with Crippen LogP contribution in [-0.4, -0.2) is 80.5 Å². The highest BCUT2D eigenvalue weighted by atomic mass is 16.4. The van der Waals surface area contributed by atoms with Gasteiger partial charge in [0.05, 0.1) is 18.8 Å². The van der Waals surface area contributed by atoms with Gasteiger partial charge < -0.3 is 48.3 Å². The smallest absolute Gasteiger partial charge is 0.326 e. The summed E-state index contributed by atoms with van der Waals surface area (Å²) < 4.78 is 0. The number of unbranched alkanes of at least 4 members (excludes halogenated alkanes) is 1. The van der Waals surface area contributed by atoms with Gasteiger partial charge >= 0.3 is 5.97 Å². The Bertz CT molecular complexity index is 1140. The molecular weight excluding hydrogens is 524 g/mol. The number of carbonyl (C=O) groups excluding carboxylic acids is 4. The average molecular weight is 561 g/mol. The summed E-state index contributed by atoms with van der Waals surface area (Å²) in [5.41, 5.74) is 17.7. The molecule has 0 spiro atoms. The van der Waals surface area contributed by atoms with Gasteiger partial charge in [-0.3, -0.25) is 19.2 Å². The number of nitrogens with zero attached hydrogens (tertiary/aromatic N) is 1. The highest BCUT2D eigenvalue weighted by Crippen LogP contribution is 2.12. The van der Waals surface area contributed by atoms with Crippen LogP contribution in [0.4, 0.5) is 0 Å². The zero-order valence-electron chi connectivity index (χ0n) is 21.8. The number of hydrogen-bond donors (Lipinski definition) is 9. The maximum atomic E-state index is 13.3. The molecule has 4 atom stereocenters. The standard InChI is InChI=1S/C25H36N8O7/c26-8-2-1-3-17(27)22(36)31-18(9-14-4-6-16(34)7-5-14)23(37)32-19(11-21(28)35)24(38)33-20(25(39)40)10-15-12-29-13-30-15/h4-7,12-13,17-20,34H,1-3,8-11,26-27H2,(H2,28,35)(H,29,30)(H,31,36)(H,32,37)(H,33,38)(H,39,40). The van der Waals surface area contributed by atoms with Gasteiger partial charge in [-0.25, -0.2) is 9.78 Å². The number of phenols is 1. The molecule has 0 saturated heterocycles. The molecule has 15 nitrogen and oxygen atoms in total. The highest BCUT2D eigenvalue weighted by Gasteiger charge is 2.31. The van der Waals surface area contributed by atoms with Crippen molar-refractivity contribution in [2.24, 2.45) is 17.2 Å². The molecule has 4 unspecified atom stereocenters. The summed E-state index contributed by atoms with van der Waals surface area (Å²) in [5, 5.41) is 26.4. The van der Waals surface area contributed by atoms with Gasteiger partial charge in [0.1, 0.15) is 23.9 Å². The second kappa shape index (κ2) is 15.8. The molecule has 0 aliphatic heterocycles. The van der Waals surface area contributed by atoms with Crippen LogP contribution >= 0.6 is 0 Å². The van der Waals surface area contributed by atoms with Crippen molar-refractivity contribution < 1.29 is 34.2 Å². The molecule has 0 fully saturated rings. The monoisotopic (exact) mass is 560 g/mol. The number of nitrogens with one attached hydrogen (secondary N) is 4. The molecule has 2 aromatic rings. The average Bonchev–Trinajstić information content (AvgIpc) is 3.41. The number of hydrogen-bond acceptors (Lipinski definition) is 9. The predicted molar refractivity (Wildman–Crippen MR) is 142 cm³/mol. The topological polar surface area (TPSA) is 269 Å². The number of aromatic hydroxyl groups is 1. The number of H-pyrrole nitrogens is 1. The number of rotatable bonds is 17. The van der Waals surface area contributed by atoms with E-state index in [1.165, 1.54) is 24.7 Å². The first kappa shape index (κ1) is 31.7. The lowest BCUT2D eigenvalue weighted by Crippen LogP contribution is -2.58. The van der Waals surface area contributed by atoms with Crippen molar-refractivity contribution in [2.45, 2.75) is 62.7 Å². The third-order valence-electron chi connectivity index (χ3n) is 5.95. The lowest BCUT2D eigenvalue weighted by Gasteiger charge is -2.25. The number of carboxylic acids is 1. The van der Waals surface area contributed by atoms with Gasteiger partial charge in [0.2, 0.25) is 23.6 Å². The number of imidazole rings is 1. The van der Waals surface area contributed by atoms with E-state index in [1.54, 1.807) is 12.1 Å². The van der Waals surface area contributed by atoms with Crippen LogP contribution in [0.5, 0.6) is 5.75 Å². The largest absolute Gasteiger partial charge is 0.508 e. The number of aromatic amines is 1. The van der Waals surface area contributed by atoms with Crippen molar-refractivity contribution in [2.75, 3.05) is 6.54 Å². The number of aromatic nitrogens is 2. The minimum Gasteiger partial charge on any atom is -0.508 e. The first-order valence-corrected chi connectivity index (χ1v) is 12.6. The third-order valence-corrected chi connectivity index (χ3v) is 5.95. The summed E-state index contributed by atoms with van der Waals surface area (Å²) in [4.78, 5) is 69.0. The second-order valence-corrected chi connectivity index (χ2v) is 9.23. The molecular formula is C25H36N8O7. The molecule has 1 aromatic heterocycles.